The smallest absolute Gasteiger partial charge is 0.165 e. The Morgan fingerprint density at radius 1 is 1.29 bits per heavy atom. The zero-order valence-electron chi connectivity index (χ0n) is 9.91. The van der Waals surface area contributed by atoms with Gasteiger partial charge < -0.3 is 4.57 Å². The lowest BCUT2D eigenvalue weighted by Gasteiger charge is -2.22. The van der Waals surface area contributed by atoms with Gasteiger partial charge in [-0.15, -0.1) is 10.2 Å². The molecule has 0 amide bonds. The number of nitrogens with zero attached hydrogens (tertiary/aromatic N) is 3. The fourth-order valence-electron chi connectivity index (χ4n) is 1.58. The normalized spacial score (nSPS) is 11.8. The first-order chi connectivity index (χ1) is 7.89. The quantitative estimate of drug-likeness (QED) is 0.805. The molecule has 0 saturated carbocycles. The zero-order chi connectivity index (χ0) is 12.6. The topological polar surface area (TPSA) is 30.7 Å². The van der Waals surface area contributed by atoms with Crippen molar-refractivity contribution in [2.75, 3.05) is 0 Å². The van der Waals surface area contributed by atoms with Crippen molar-refractivity contribution in [2.45, 2.75) is 26.3 Å². The number of halogens is 2. The van der Waals surface area contributed by atoms with Gasteiger partial charge in [0.15, 0.2) is 5.82 Å². The minimum absolute atomic E-state index is 0.118. The molecule has 3 nitrogen and oxygen atoms in total. The van der Waals surface area contributed by atoms with Gasteiger partial charge in [0, 0.05) is 15.6 Å². The third kappa shape index (κ3) is 2.39. The Hall–Kier alpha value is -1.23. The van der Waals surface area contributed by atoms with E-state index >= 15 is 0 Å². The summed E-state index contributed by atoms with van der Waals surface area (Å²) in [6, 6.07) is 4.55. The van der Waals surface area contributed by atoms with Gasteiger partial charge in [-0.2, -0.15) is 0 Å². The molecule has 0 N–H and O–H groups in total. The van der Waals surface area contributed by atoms with E-state index in [2.05, 4.69) is 46.9 Å². The number of hydrogen-bond donors (Lipinski definition) is 0. The SMILES string of the molecule is CC(C)(C)n1cnnc1-c1ccc(F)cc1Br. The van der Waals surface area contributed by atoms with Crippen molar-refractivity contribution >= 4 is 15.9 Å². The van der Waals surface area contributed by atoms with Crippen LogP contribution in [0, 0.1) is 5.82 Å². The van der Waals surface area contributed by atoms with Gasteiger partial charge in [0.1, 0.15) is 12.1 Å². The van der Waals surface area contributed by atoms with E-state index in [9.17, 15) is 4.39 Å². The summed E-state index contributed by atoms with van der Waals surface area (Å²) in [5.74, 6) is 0.451. The molecule has 0 unspecified atom stereocenters. The van der Waals surface area contributed by atoms with Crippen LogP contribution in [0.3, 0.4) is 0 Å². The van der Waals surface area contributed by atoms with Crippen LogP contribution in [-0.2, 0) is 5.54 Å². The van der Waals surface area contributed by atoms with E-state index < -0.39 is 0 Å². The Kier molecular flexibility index (Phi) is 3.03. The number of rotatable bonds is 1. The van der Waals surface area contributed by atoms with E-state index in [0.717, 1.165) is 11.4 Å². The predicted molar refractivity (Wildman–Crippen MR) is 68.1 cm³/mol. The van der Waals surface area contributed by atoms with Crippen molar-refractivity contribution in [2.24, 2.45) is 0 Å². The Morgan fingerprint density at radius 2 is 2.00 bits per heavy atom. The second-order valence-corrected chi connectivity index (χ2v) is 5.67. The molecule has 0 radical (unpaired) electrons. The highest BCUT2D eigenvalue weighted by molar-refractivity contribution is 9.10. The molecule has 1 heterocycles. The first-order valence-corrected chi connectivity index (χ1v) is 6.05. The summed E-state index contributed by atoms with van der Waals surface area (Å²) in [4.78, 5) is 0. The molecule has 0 aliphatic heterocycles. The van der Waals surface area contributed by atoms with E-state index in [1.807, 2.05) is 4.57 Å². The zero-order valence-corrected chi connectivity index (χ0v) is 11.5. The lowest BCUT2D eigenvalue weighted by Crippen LogP contribution is -2.22. The minimum Gasteiger partial charge on any atom is -0.308 e. The molecule has 90 valence electrons. The monoisotopic (exact) mass is 297 g/mol. The van der Waals surface area contributed by atoms with Gasteiger partial charge in [0.25, 0.3) is 0 Å². The maximum atomic E-state index is 13.1. The molecular weight excluding hydrogens is 285 g/mol. The molecule has 1 aromatic carbocycles. The molecule has 2 rings (SSSR count). The van der Waals surface area contributed by atoms with Gasteiger partial charge in [0.2, 0.25) is 0 Å². The molecule has 0 fully saturated rings. The number of hydrogen-bond acceptors (Lipinski definition) is 2. The summed E-state index contributed by atoms with van der Waals surface area (Å²) >= 11 is 3.35. The van der Waals surface area contributed by atoms with Crippen LogP contribution in [0.2, 0.25) is 0 Å². The molecule has 17 heavy (non-hydrogen) atoms. The molecule has 0 saturated heterocycles. The lowest BCUT2D eigenvalue weighted by atomic mass is 10.1. The molecule has 2 aromatic rings. The van der Waals surface area contributed by atoms with Crippen LogP contribution in [0.25, 0.3) is 11.4 Å². The molecular formula is C12H13BrFN3. The van der Waals surface area contributed by atoms with Crippen LogP contribution in [0.5, 0.6) is 0 Å². The second kappa shape index (κ2) is 4.22. The van der Waals surface area contributed by atoms with E-state index in [-0.39, 0.29) is 11.4 Å². The summed E-state index contributed by atoms with van der Waals surface area (Å²) in [5.41, 5.74) is 0.714. The molecule has 0 aliphatic carbocycles. The van der Waals surface area contributed by atoms with Crippen molar-refractivity contribution < 1.29 is 4.39 Å². The molecule has 0 bridgehead atoms. The van der Waals surface area contributed by atoms with E-state index in [1.54, 1.807) is 12.4 Å². The van der Waals surface area contributed by atoms with Gasteiger partial charge in [-0.3, -0.25) is 0 Å². The van der Waals surface area contributed by atoms with Crippen molar-refractivity contribution in [3.8, 4) is 11.4 Å². The van der Waals surface area contributed by atoms with Crippen LogP contribution in [-0.4, -0.2) is 14.8 Å². The minimum atomic E-state index is -0.276. The van der Waals surface area contributed by atoms with Crippen molar-refractivity contribution in [1.29, 1.82) is 0 Å². The first-order valence-electron chi connectivity index (χ1n) is 5.25. The second-order valence-electron chi connectivity index (χ2n) is 4.82. The molecule has 5 heteroatoms. The summed E-state index contributed by atoms with van der Waals surface area (Å²) < 4.78 is 15.7. The third-order valence-corrected chi connectivity index (χ3v) is 3.10. The predicted octanol–water partition coefficient (Wildman–Crippen LogP) is 3.60. The molecule has 0 aliphatic rings. The van der Waals surface area contributed by atoms with Gasteiger partial charge >= 0.3 is 0 Å². The Bertz CT molecular complexity index is 543. The highest BCUT2D eigenvalue weighted by Crippen LogP contribution is 2.30. The highest BCUT2D eigenvalue weighted by atomic mass is 79.9. The van der Waals surface area contributed by atoms with Crippen LogP contribution in [0.4, 0.5) is 4.39 Å². The summed E-state index contributed by atoms with van der Waals surface area (Å²) in [6.07, 6.45) is 1.69. The standard InChI is InChI=1S/C12H13BrFN3/c1-12(2,3)17-7-15-16-11(17)9-5-4-8(14)6-10(9)13/h4-7H,1-3H3. The van der Waals surface area contributed by atoms with Crippen LogP contribution in [0.15, 0.2) is 29.0 Å². The Labute approximate surface area is 108 Å². The lowest BCUT2D eigenvalue weighted by molar-refractivity contribution is 0.399. The maximum Gasteiger partial charge on any atom is 0.165 e. The van der Waals surface area contributed by atoms with Crippen LogP contribution >= 0.6 is 15.9 Å². The summed E-state index contributed by atoms with van der Waals surface area (Å²) in [7, 11) is 0. The van der Waals surface area contributed by atoms with Crippen molar-refractivity contribution in [3.63, 3.8) is 0 Å². The first kappa shape index (κ1) is 12.2. The molecule has 1 aromatic heterocycles. The van der Waals surface area contributed by atoms with Gasteiger partial charge in [-0.1, -0.05) is 0 Å². The van der Waals surface area contributed by atoms with Crippen LogP contribution in [0.1, 0.15) is 20.8 Å². The average Bonchev–Trinajstić information content (AvgIpc) is 2.65. The van der Waals surface area contributed by atoms with Gasteiger partial charge in [-0.05, 0) is 54.9 Å². The fraction of sp³-hybridized carbons (Fsp3) is 0.333. The van der Waals surface area contributed by atoms with E-state index in [4.69, 9.17) is 0 Å². The molecule has 0 atom stereocenters. The third-order valence-electron chi connectivity index (χ3n) is 2.44. The number of aromatic nitrogens is 3. The largest absolute Gasteiger partial charge is 0.308 e. The molecule has 0 spiro atoms. The van der Waals surface area contributed by atoms with Gasteiger partial charge in [0.05, 0.1) is 0 Å². The van der Waals surface area contributed by atoms with Crippen LogP contribution < -0.4 is 0 Å². The maximum absolute atomic E-state index is 13.1. The fourth-order valence-corrected chi connectivity index (χ4v) is 2.11. The van der Waals surface area contributed by atoms with E-state index in [1.165, 1.54) is 12.1 Å². The number of benzene rings is 1. The van der Waals surface area contributed by atoms with E-state index in [0.29, 0.717) is 4.47 Å². The Morgan fingerprint density at radius 3 is 2.59 bits per heavy atom. The average molecular weight is 298 g/mol. The summed E-state index contributed by atoms with van der Waals surface area (Å²) in [6.45, 7) is 6.20. The van der Waals surface area contributed by atoms with Crippen molar-refractivity contribution in [1.82, 2.24) is 14.8 Å². The van der Waals surface area contributed by atoms with Crippen molar-refractivity contribution in [3.05, 3.63) is 34.8 Å². The highest BCUT2D eigenvalue weighted by Gasteiger charge is 2.20. The van der Waals surface area contributed by atoms with Gasteiger partial charge in [-0.25, -0.2) is 4.39 Å². The Balaban J connectivity index is 2.58. The summed E-state index contributed by atoms with van der Waals surface area (Å²) in [5, 5.41) is 8.03.